The Morgan fingerprint density at radius 2 is 1.63 bits per heavy atom. The number of hydrogen-bond donors (Lipinski definition) is 3. The normalized spacial score (nSPS) is 42.5. The van der Waals surface area contributed by atoms with Gasteiger partial charge in [0.1, 0.15) is 42.7 Å². The van der Waals surface area contributed by atoms with Crippen LogP contribution in [0.1, 0.15) is 99.5 Å². The van der Waals surface area contributed by atoms with Crippen LogP contribution in [0.15, 0.2) is 89.6 Å². The van der Waals surface area contributed by atoms with Gasteiger partial charge in [-0.05, 0) is 61.5 Å². The van der Waals surface area contributed by atoms with Crippen molar-refractivity contribution in [2.75, 3.05) is 34.2 Å². The number of fused-ring (bicyclic) bond motifs is 2. The lowest BCUT2D eigenvalue weighted by Crippen LogP contribution is -2.58. The van der Waals surface area contributed by atoms with E-state index in [1.165, 1.54) is 6.92 Å². The average Bonchev–Trinajstić information content (AvgIpc) is 3.73. The van der Waals surface area contributed by atoms with E-state index in [1.54, 1.807) is 26.4 Å². The molecule has 4 fully saturated rings. The highest BCUT2D eigenvalue weighted by Gasteiger charge is 2.60. The molecular formula is C58H83NO16. The van der Waals surface area contributed by atoms with Gasteiger partial charge in [0.2, 0.25) is 5.91 Å². The van der Waals surface area contributed by atoms with E-state index in [0.29, 0.717) is 43.4 Å². The molecule has 3 N–H and O–H groups in total. The third-order valence-corrected chi connectivity index (χ3v) is 16.3. The second-order valence-corrected chi connectivity index (χ2v) is 21.8. The minimum atomic E-state index is -1.96. The molecule has 1 aliphatic carbocycles. The SMILES string of the molecule is CC[C@H](C)[C@H]1O[C@]2(C=C[C@@H]1C)C[C@@H]1C[C@@H](C/C=C(\C)[C@@H](O[C@H]3C[C@H](OC)[C@@H](O[C@H]4C[C@H](OC)[C@H](NC(C)=O)[C@H](C)O4)[C@H](C)O3)[C@@H](C)/C=C/C=C3\CO[C@@H]4[C@H](O)C(COCOCc5ccccc5)=C[C@@H](C(=O)O1)[C@]34O)O2. The molecule has 75 heavy (non-hydrogen) atoms. The number of carbonyl (C=O) groups excluding carboxylic acids is 2. The summed E-state index contributed by atoms with van der Waals surface area (Å²) in [5.41, 5.74) is 0.756. The zero-order valence-corrected chi connectivity index (χ0v) is 45.5. The first-order valence-corrected chi connectivity index (χ1v) is 27.1. The number of allylic oxidation sites excluding steroid dienone is 2. The van der Waals surface area contributed by atoms with Crippen molar-refractivity contribution in [3.8, 4) is 0 Å². The lowest BCUT2D eigenvalue weighted by atomic mass is 9.70. The van der Waals surface area contributed by atoms with Crippen molar-refractivity contribution < 1.29 is 76.6 Å². The number of amides is 1. The highest BCUT2D eigenvalue weighted by Crippen LogP contribution is 2.47. The average molecular weight is 1050 g/mol. The van der Waals surface area contributed by atoms with E-state index in [9.17, 15) is 19.8 Å². The fourth-order valence-electron chi connectivity index (χ4n) is 12.0. The number of aliphatic hydroxyl groups is 2. The van der Waals surface area contributed by atoms with Gasteiger partial charge in [-0.15, -0.1) is 0 Å². The summed E-state index contributed by atoms with van der Waals surface area (Å²) in [6.45, 7) is 16.0. The lowest BCUT2D eigenvalue weighted by molar-refractivity contribution is -0.311. The summed E-state index contributed by atoms with van der Waals surface area (Å²) in [4.78, 5) is 26.8. The van der Waals surface area contributed by atoms with E-state index in [0.717, 1.165) is 17.6 Å². The molecule has 1 amide bonds. The van der Waals surface area contributed by atoms with Crippen LogP contribution in [0.3, 0.4) is 0 Å². The maximum atomic E-state index is 14.8. The van der Waals surface area contributed by atoms with Crippen molar-refractivity contribution in [2.45, 2.75) is 198 Å². The Morgan fingerprint density at radius 1 is 0.907 bits per heavy atom. The summed E-state index contributed by atoms with van der Waals surface area (Å²) >= 11 is 0. The summed E-state index contributed by atoms with van der Waals surface area (Å²) in [6, 6.07) is 9.39. The molecule has 7 aliphatic rings. The molecule has 6 heterocycles. The highest BCUT2D eigenvalue weighted by atomic mass is 16.7. The summed E-state index contributed by atoms with van der Waals surface area (Å²) in [7, 11) is 3.26. The van der Waals surface area contributed by atoms with Crippen LogP contribution in [-0.2, 0) is 73.0 Å². The third kappa shape index (κ3) is 13.3. The summed E-state index contributed by atoms with van der Waals surface area (Å²) in [5.74, 6) is -3.12. The molecule has 17 nitrogen and oxygen atoms in total. The number of ether oxygens (including phenoxy) is 12. The first-order chi connectivity index (χ1) is 35.9. The molecule has 1 aromatic rings. The Bertz CT molecular complexity index is 2230. The minimum Gasteiger partial charge on any atom is -0.462 e. The quantitative estimate of drug-likeness (QED) is 0.0726. The molecule has 6 aliphatic heterocycles. The Labute approximate surface area is 443 Å². The maximum absolute atomic E-state index is 14.8. The van der Waals surface area contributed by atoms with Crippen LogP contribution < -0.4 is 5.32 Å². The van der Waals surface area contributed by atoms with Gasteiger partial charge in [-0.1, -0.05) is 101 Å². The predicted octanol–water partition coefficient (Wildman–Crippen LogP) is 6.69. The first-order valence-electron chi connectivity index (χ1n) is 27.1. The fourth-order valence-corrected chi connectivity index (χ4v) is 12.0. The monoisotopic (exact) mass is 1050 g/mol. The zero-order chi connectivity index (χ0) is 53.6. The van der Waals surface area contributed by atoms with E-state index in [4.69, 9.17) is 56.8 Å². The van der Waals surface area contributed by atoms with Crippen LogP contribution in [0.4, 0.5) is 0 Å². The van der Waals surface area contributed by atoms with Crippen molar-refractivity contribution in [2.24, 2.45) is 23.7 Å². The number of carbonyl (C=O) groups is 2. The molecule has 0 saturated carbocycles. The third-order valence-electron chi connectivity index (χ3n) is 16.3. The van der Waals surface area contributed by atoms with Crippen molar-refractivity contribution in [3.05, 3.63) is 95.1 Å². The van der Waals surface area contributed by atoms with E-state index in [2.05, 4.69) is 45.2 Å². The predicted molar refractivity (Wildman–Crippen MR) is 275 cm³/mol. The van der Waals surface area contributed by atoms with Crippen LogP contribution in [0.5, 0.6) is 0 Å². The Balaban J connectivity index is 1.06. The number of hydrogen-bond acceptors (Lipinski definition) is 16. The number of benzene rings is 1. The van der Waals surface area contributed by atoms with Crippen molar-refractivity contribution in [1.29, 1.82) is 0 Å². The van der Waals surface area contributed by atoms with E-state index in [1.807, 2.05) is 69.3 Å². The number of methoxy groups -OCH3 is 2. The first kappa shape index (κ1) is 57.5. The summed E-state index contributed by atoms with van der Waals surface area (Å²) < 4.78 is 76.7. The van der Waals surface area contributed by atoms with Gasteiger partial charge >= 0.3 is 5.97 Å². The van der Waals surface area contributed by atoms with Crippen molar-refractivity contribution >= 4 is 11.9 Å². The number of aliphatic hydroxyl groups excluding tert-OH is 1. The molecule has 1 spiro atoms. The zero-order valence-electron chi connectivity index (χ0n) is 45.5. The molecule has 2 bridgehead atoms. The number of esters is 1. The molecule has 4 saturated heterocycles. The number of nitrogens with one attached hydrogen (secondary N) is 1. The van der Waals surface area contributed by atoms with Gasteiger partial charge in [0.05, 0.1) is 68.6 Å². The summed E-state index contributed by atoms with van der Waals surface area (Å²) in [5, 5.41) is 27.7. The molecular weight excluding hydrogens is 967 g/mol. The maximum Gasteiger partial charge on any atom is 0.316 e. The van der Waals surface area contributed by atoms with Crippen LogP contribution in [0.2, 0.25) is 0 Å². The molecule has 416 valence electrons. The van der Waals surface area contributed by atoms with Gasteiger partial charge in [-0.2, -0.15) is 0 Å². The summed E-state index contributed by atoms with van der Waals surface area (Å²) in [6.07, 6.45) is 8.52. The van der Waals surface area contributed by atoms with E-state index in [-0.39, 0.29) is 74.4 Å². The van der Waals surface area contributed by atoms with Gasteiger partial charge in [-0.3, -0.25) is 9.59 Å². The Hall–Kier alpha value is -3.66. The van der Waals surface area contributed by atoms with Crippen LogP contribution in [0, 0.1) is 23.7 Å². The molecule has 0 unspecified atom stereocenters. The Kier molecular flexibility index (Phi) is 19.5. The Morgan fingerprint density at radius 3 is 2.36 bits per heavy atom. The molecule has 17 heteroatoms. The van der Waals surface area contributed by atoms with Gasteiger partial charge < -0.3 is 72.4 Å². The van der Waals surface area contributed by atoms with Gasteiger partial charge in [-0.25, -0.2) is 0 Å². The fraction of sp³-hybridized carbons (Fsp3) is 0.690. The molecule has 8 rings (SSSR count). The standard InChI is InChI=1S/C58H83NO16/c1-11-33(2)53-36(5)22-23-57(75-53)28-44-25-43(74-57)21-20-35(4)52(72-49-27-47(65-10)54(38(7)70-49)73-48-26-46(64-9)50(37(6)69-48)59-39(8)60)34(3)16-15-19-42-31-68-55-51(61)41(24-45(56(62)71-44)58(42,55)63)30-67-32-66-29-40-17-13-12-14-18-40/h12-20,22-24,33-34,36-38,43-55,61,63H,11,21,25-32H2,1-10H3,(H,59,60)/b16-15+,35-20+,42-19+/t33-,34-,36-,37-,38-,43+,44-,45-,46-,47-,48-,49-,50+,51+,52-,53+,54-,55+,57+,58+/m0/s1. The highest BCUT2D eigenvalue weighted by molar-refractivity contribution is 5.78. The van der Waals surface area contributed by atoms with Gasteiger partial charge in [0.25, 0.3) is 0 Å². The largest absolute Gasteiger partial charge is 0.462 e. The van der Waals surface area contributed by atoms with Crippen molar-refractivity contribution in [3.63, 3.8) is 0 Å². The van der Waals surface area contributed by atoms with Crippen LogP contribution in [0.25, 0.3) is 0 Å². The molecule has 20 atom stereocenters. The number of rotatable bonds is 15. The minimum absolute atomic E-state index is 0.0414. The van der Waals surface area contributed by atoms with E-state index < -0.39 is 84.7 Å². The second kappa shape index (κ2) is 25.4. The van der Waals surface area contributed by atoms with Crippen molar-refractivity contribution in [1.82, 2.24) is 5.32 Å². The lowest BCUT2D eigenvalue weighted by Gasteiger charge is -2.48. The molecule has 1 aromatic carbocycles. The van der Waals surface area contributed by atoms with Crippen LogP contribution >= 0.6 is 0 Å². The second-order valence-electron chi connectivity index (χ2n) is 21.8. The van der Waals surface area contributed by atoms with Crippen LogP contribution in [-0.4, -0.2) is 153 Å². The molecule has 0 radical (unpaired) electrons. The smallest absolute Gasteiger partial charge is 0.316 e. The van der Waals surface area contributed by atoms with Gasteiger partial charge in [0, 0.05) is 58.7 Å². The topological polar surface area (TPSA) is 197 Å². The molecule has 0 aromatic heterocycles. The van der Waals surface area contributed by atoms with Gasteiger partial charge in [0.15, 0.2) is 18.4 Å². The van der Waals surface area contributed by atoms with E-state index >= 15 is 0 Å².